The van der Waals surface area contributed by atoms with Gasteiger partial charge in [-0.3, -0.25) is 0 Å². The second kappa shape index (κ2) is 7.02. The summed E-state index contributed by atoms with van der Waals surface area (Å²) >= 11 is 1.93. The fourth-order valence-corrected chi connectivity index (χ4v) is 2.65. The van der Waals surface area contributed by atoms with Crippen molar-refractivity contribution in [2.45, 2.75) is 51.1 Å². The summed E-state index contributed by atoms with van der Waals surface area (Å²) in [5, 5.41) is 0. The van der Waals surface area contributed by atoms with Crippen LogP contribution in [0.5, 0.6) is 0 Å². The average molecular weight is 351 g/mol. The van der Waals surface area contributed by atoms with E-state index in [-0.39, 0.29) is 0 Å². The summed E-state index contributed by atoms with van der Waals surface area (Å²) in [5.74, 6) is 0. The number of hydrogen-bond acceptors (Lipinski definition) is 3. The summed E-state index contributed by atoms with van der Waals surface area (Å²) in [5.41, 5.74) is 0.557. The van der Waals surface area contributed by atoms with E-state index in [1.165, 1.54) is 0 Å². The van der Waals surface area contributed by atoms with Crippen molar-refractivity contribution in [3.63, 3.8) is 0 Å². The number of nitrogens with one attached hydrogen (secondary N) is 1. The van der Waals surface area contributed by atoms with E-state index in [1.807, 2.05) is 20.8 Å². The Balaban J connectivity index is 2.96. The molecule has 0 aliphatic heterocycles. The van der Waals surface area contributed by atoms with Crippen LogP contribution >= 0.6 is 15.9 Å². The quantitative estimate of drug-likeness (QED) is 0.650. The van der Waals surface area contributed by atoms with Crippen molar-refractivity contribution in [2.24, 2.45) is 0 Å². The van der Waals surface area contributed by atoms with Crippen molar-refractivity contribution >= 4 is 27.3 Å². The monoisotopic (exact) mass is 350 g/mol. The van der Waals surface area contributed by atoms with Crippen LogP contribution < -0.4 is 4.72 Å². The SMILES string of the molecule is CC[C@@H](F)[C@H](N[S+]([O-])C(C)(C)C)c1cccc(Br)n1. The van der Waals surface area contributed by atoms with Crippen molar-refractivity contribution in [3.05, 3.63) is 28.5 Å². The lowest BCUT2D eigenvalue weighted by molar-refractivity contribution is 0.259. The molecule has 1 N–H and O–H groups in total. The van der Waals surface area contributed by atoms with Crippen molar-refractivity contribution in [1.29, 1.82) is 0 Å². The minimum atomic E-state index is -1.34. The van der Waals surface area contributed by atoms with Crippen LogP contribution in [0.25, 0.3) is 0 Å². The Morgan fingerprint density at radius 2 is 2.11 bits per heavy atom. The molecule has 0 aliphatic rings. The number of pyridine rings is 1. The zero-order chi connectivity index (χ0) is 14.6. The molecule has 3 nitrogen and oxygen atoms in total. The van der Waals surface area contributed by atoms with E-state index in [1.54, 1.807) is 25.1 Å². The maximum Gasteiger partial charge on any atom is 0.136 e. The zero-order valence-electron chi connectivity index (χ0n) is 11.6. The molecule has 0 spiro atoms. The fourth-order valence-electron chi connectivity index (χ4n) is 1.44. The van der Waals surface area contributed by atoms with Gasteiger partial charge in [-0.15, -0.1) is 4.72 Å². The summed E-state index contributed by atoms with van der Waals surface area (Å²) < 4.78 is 29.3. The Bertz CT molecular complexity index is 414. The molecular formula is C13H20BrFN2OS. The molecule has 1 aromatic heterocycles. The minimum absolute atomic E-state index is 0.340. The first kappa shape index (κ1) is 16.9. The van der Waals surface area contributed by atoms with Gasteiger partial charge < -0.3 is 4.55 Å². The minimum Gasteiger partial charge on any atom is -0.598 e. The molecule has 0 bridgehead atoms. The summed E-state index contributed by atoms with van der Waals surface area (Å²) in [6.45, 7) is 7.30. The van der Waals surface area contributed by atoms with Gasteiger partial charge >= 0.3 is 0 Å². The lowest BCUT2D eigenvalue weighted by atomic mass is 10.1. The van der Waals surface area contributed by atoms with Crippen LogP contribution in [-0.2, 0) is 11.4 Å². The molecule has 0 saturated heterocycles. The largest absolute Gasteiger partial charge is 0.598 e. The summed E-state index contributed by atoms with van der Waals surface area (Å²) in [7, 11) is 0. The number of halogens is 2. The molecule has 1 rings (SSSR count). The third-order valence-corrected chi connectivity index (χ3v) is 4.62. The molecule has 19 heavy (non-hydrogen) atoms. The van der Waals surface area contributed by atoms with E-state index in [2.05, 4.69) is 25.6 Å². The summed E-state index contributed by atoms with van der Waals surface area (Å²) in [6, 6.07) is 4.65. The molecule has 1 heterocycles. The first-order chi connectivity index (χ1) is 8.75. The maximum atomic E-state index is 14.1. The van der Waals surface area contributed by atoms with Crippen molar-refractivity contribution in [3.8, 4) is 0 Å². The molecule has 1 aromatic rings. The van der Waals surface area contributed by atoms with Gasteiger partial charge in [0.2, 0.25) is 0 Å². The summed E-state index contributed by atoms with van der Waals surface area (Å²) in [6.07, 6.45) is -0.791. The molecule has 0 amide bonds. The second-order valence-corrected chi connectivity index (χ2v) is 8.10. The number of nitrogens with zero attached hydrogens (tertiary/aromatic N) is 1. The Labute approximate surface area is 125 Å². The van der Waals surface area contributed by atoms with Gasteiger partial charge in [0.1, 0.15) is 21.6 Å². The first-order valence-electron chi connectivity index (χ1n) is 6.20. The topological polar surface area (TPSA) is 48.0 Å². The molecule has 0 fully saturated rings. The van der Waals surface area contributed by atoms with Gasteiger partial charge in [-0.05, 0) is 55.3 Å². The predicted molar refractivity (Wildman–Crippen MR) is 80.9 cm³/mol. The third-order valence-electron chi connectivity index (χ3n) is 2.60. The van der Waals surface area contributed by atoms with Gasteiger partial charge in [-0.1, -0.05) is 13.0 Å². The van der Waals surface area contributed by atoms with Gasteiger partial charge in [-0.25, -0.2) is 9.37 Å². The molecule has 0 radical (unpaired) electrons. The van der Waals surface area contributed by atoms with Crippen molar-refractivity contribution in [1.82, 2.24) is 9.71 Å². The molecule has 108 valence electrons. The zero-order valence-corrected chi connectivity index (χ0v) is 14.0. The Morgan fingerprint density at radius 1 is 1.47 bits per heavy atom. The molecule has 3 atom stereocenters. The smallest absolute Gasteiger partial charge is 0.136 e. The number of rotatable bonds is 5. The van der Waals surface area contributed by atoms with Gasteiger partial charge in [0.25, 0.3) is 0 Å². The van der Waals surface area contributed by atoms with Crippen molar-refractivity contribution in [2.75, 3.05) is 0 Å². The Kier molecular flexibility index (Phi) is 6.23. The van der Waals surface area contributed by atoms with Gasteiger partial charge in [0.05, 0.1) is 5.69 Å². The standard InChI is InChI=1S/C13H20BrFN2OS/c1-5-9(15)12(17-19(18)13(2,3)4)10-7-6-8-11(14)16-10/h6-9,12,17H,5H2,1-4H3/t9-,12+,19?/m1/s1. The van der Waals surface area contributed by atoms with E-state index in [9.17, 15) is 8.94 Å². The number of aromatic nitrogens is 1. The first-order valence-corrected chi connectivity index (χ1v) is 8.14. The molecule has 0 aliphatic carbocycles. The number of hydrogen-bond donors (Lipinski definition) is 1. The molecular weight excluding hydrogens is 331 g/mol. The van der Waals surface area contributed by atoms with E-state index in [4.69, 9.17) is 0 Å². The van der Waals surface area contributed by atoms with Crippen molar-refractivity contribution < 1.29 is 8.94 Å². The molecule has 1 unspecified atom stereocenters. The van der Waals surface area contributed by atoms with Gasteiger partial charge in [0.15, 0.2) is 0 Å². The van der Waals surface area contributed by atoms with E-state index < -0.39 is 28.3 Å². The van der Waals surface area contributed by atoms with E-state index >= 15 is 0 Å². The van der Waals surface area contributed by atoms with Crippen LogP contribution in [-0.4, -0.2) is 20.5 Å². The van der Waals surface area contributed by atoms with Crippen LogP contribution in [0.3, 0.4) is 0 Å². The van der Waals surface area contributed by atoms with E-state index in [0.717, 1.165) is 0 Å². The van der Waals surface area contributed by atoms with Crippen LogP contribution in [0.4, 0.5) is 4.39 Å². The van der Waals surface area contributed by atoms with Crippen LogP contribution in [0, 0.1) is 0 Å². The van der Waals surface area contributed by atoms with E-state index in [0.29, 0.717) is 16.7 Å². The average Bonchev–Trinajstić information content (AvgIpc) is 2.33. The van der Waals surface area contributed by atoms with Gasteiger partial charge in [-0.2, -0.15) is 0 Å². The Hall–Kier alpha value is -0.170. The molecule has 6 heteroatoms. The maximum absolute atomic E-state index is 14.1. The highest BCUT2D eigenvalue weighted by Crippen LogP contribution is 2.25. The lowest BCUT2D eigenvalue weighted by Gasteiger charge is -2.29. The second-order valence-electron chi connectivity index (χ2n) is 5.29. The highest BCUT2D eigenvalue weighted by atomic mass is 79.9. The number of alkyl halides is 1. The molecule has 0 aromatic carbocycles. The normalized spacial score (nSPS) is 17.0. The Morgan fingerprint density at radius 3 is 2.58 bits per heavy atom. The van der Waals surface area contributed by atoms with Crippen LogP contribution in [0.2, 0.25) is 0 Å². The fraction of sp³-hybridized carbons (Fsp3) is 0.615. The predicted octanol–water partition coefficient (Wildman–Crippen LogP) is 3.69. The van der Waals surface area contributed by atoms with Gasteiger partial charge in [0, 0.05) is 11.4 Å². The van der Waals surface area contributed by atoms with Crippen LogP contribution in [0.1, 0.15) is 45.9 Å². The third kappa shape index (κ3) is 5.02. The van der Waals surface area contributed by atoms with Crippen LogP contribution in [0.15, 0.2) is 22.8 Å². The lowest BCUT2D eigenvalue weighted by Crippen LogP contribution is -2.44. The molecule has 0 saturated carbocycles. The summed E-state index contributed by atoms with van der Waals surface area (Å²) in [4.78, 5) is 4.26. The highest BCUT2D eigenvalue weighted by Gasteiger charge is 2.33. The highest BCUT2D eigenvalue weighted by molar-refractivity contribution is 9.10.